The molecule has 2 aromatic carbocycles. The van der Waals surface area contributed by atoms with Gasteiger partial charge in [0.05, 0.1) is 17.6 Å². The average Bonchev–Trinajstić information content (AvgIpc) is 3.16. The van der Waals surface area contributed by atoms with Crippen molar-refractivity contribution in [2.45, 2.75) is 32.9 Å². The lowest BCUT2D eigenvalue weighted by molar-refractivity contribution is -0.607. The van der Waals surface area contributed by atoms with Gasteiger partial charge in [0.25, 0.3) is 5.69 Å². The molecule has 0 amide bonds. The Bertz CT molecular complexity index is 1020. The summed E-state index contributed by atoms with van der Waals surface area (Å²) in [5, 5.41) is 14.2. The van der Waals surface area contributed by atoms with Gasteiger partial charge in [-0.3, -0.25) is 9.63 Å². The summed E-state index contributed by atoms with van der Waals surface area (Å²) in [5.41, 5.74) is 1.66. The van der Waals surface area contributed by atoms with Gasteiger partial charge in [0.1, 0.15) is 6.10 Å². The number of nitrogens with zero attached hydrogens (tertiary/aromatic N) is 2. The molecular weight excluding hydrogens is 376 g/mol. The zero-order chi connectivity index (χ0) is 21.3. The molecule has 0 unspecified atom stereocenters. The van der Waals surface area contributed by atoms with E-state index in [0.717, 1.165) is 11.3 Å². The summed E-state index contributed by atoms with van der Waals surface area (Å²) in [6, 6.07) is 24.2. The van der Waals surface area contributed by atoms with Crippen LogP contribution in [0.4, 0.5) is 5.69 Å². The number of anilines is 1. The van der Waals surface area contributed by atoms with Crippen LogP contribution in [-0.2, 0) is 4.84 Å². The number of hydrogen-bond acceptors (Lipinski definition) is 4. The highest BCUT2D eigenvalue weighted by atomic mass is 16.7. The van der Waals surface area contributed by atoms with Crippen LogP contribution in [0.2, 0.25) is 0 Å². The number of ketones is 1. The summed E-state index contributed by atoms with van der Waals surface area (Å²) in [6.45, 7) is 6.18. The molecule has 0 N–H and O–H groups in total. The highest BCUT2D eigenvalue weighted by molar-refractivity contribution is 5.96. The van der Waals surface area contributed by atoms with Crippen molar-refractivity contribution in [3.05, 3.63) is 102 Å². The number of Topliss-reactive ketones (excluding diaryl/α,β-unsaturated/α-hetero) is 1. The first-order valence-corrected chi connectivity index (χ1v) is 10.2. The maximum Gasteiger partial charge on any atom is 0.260 e. The maximum atomic E-state index is 13.8. The van der Waals surface area contributed by atoms with Crippen molar-refractivity contribution in [2.24, 2.45) is 11.3 Å². The van der Waals surface area contributed by atoms with Gasteiger partial charge in [-0.2, -0.15) is 4.73 Å². The quantitative estimate of drug-likeness (QED) is 0.360. The van der Waals surface area contributed by atoms with E-state index >= 15 is 0 Å². The van der Waals surface area contributed by atoms with Crippen LogP contribution in [0.15, 0.2) is 85.1 Å². The van der Waals surface area contributed by atoms with Crippen LogP contribution in [0.1, 0.15) is 42.9 Å². The van der Waals surface area contributed by atoms with E-state index in [1.807, 2.05) is 65.7 Å². The third-order valence-electron chi connectivity index (χ3n) is 5.53. The number of hydrogen-bond donors (Lipinski definition) is 0. The van der Waals surface area contributed by atoms with Crippen LogP contribution in [-0.4, -0.2) is 11.9 Å². The second-order valence-corrected chi connectivity index (χ2v) is 8.71. The third kappa shape index (κ3) is 3.68. The summed E-state index contributed by atoms with van der Waals surface area (Å²) in [7, 11) is 0. The highest BCUT2D eigenvalue weighted by Crippen LogP contribution is 2.48. The number of hydroxylamine groups is 1. The number of pyridine rings is 1. The van der Waals surface area contributed by atoms with Crippen molar-refractivity contribution in [2.75, 3.05) is 5.06 Å². The molecule has 0 spiro atoms. The van der Waals surface area contributed by atoms with Gasteiger partial charge in [0.2, 0.25) is 5.78 Å². The zero-order valence-corrected chi connectivity index (χ0v) is 17.4. The fourth-order valence-electron chi connectivity index (χ4n) is 4.12. The second kappa shape index (κ2) is 7.92. The highest BCUT2D eigenvalue weighted by Gasteiger charge is 2.54. The van der Waals surface area contributed by atoms with Gasteiger partial charge in [-0.25, -0.2) is 5.06 Å². The summed E-state index contributed by atoms with van der Waals surface area (Å²) in [5.74, 6) is -0.756. The first-order chi connectivity index (χ1) is 14.4. The molecule has 1 aromatic heterocycles. The van der Waals surface area contributed by atoms with Crippen LogP contribution in [0.3, 0.4) is 0 Å². The number of carbonyl (C=O) groups excluding carboxylic acids is 1. The molecule has 4 rings (SSSR count). The first-order valence-electron chi connectivity index (χ1n) is 10.2. The van der Waals surface area contributed by atoms with Crippen molar-refractivity contribution >= 4 is 11.5 Å². The van der Waals surface area contributed by atoms with E-state index in [1.165, 1.54) is 6.20 Å². The molecule has 30 heavy (non-hydrogen) atoms. The molecule has 2 heterocycles. The van der Waals surface area contributed by atoms with Crippen molar-refractivity contribution in [3.8, 4) is 0 Å². The van der Waals surface area contributed by atoms with Crippen molar-refractivity contribution in [1.29, 1.82) is 0 Å². The van der Waals surface area contributed by atoms with Gasteiger partial charge in [-0.15, -0.1) is 0 Å². The summed E-state index contributed by atoms with van der Waals surface area (Å²) < 4.78 is 0.648. The Labute approximate surface area is 177 Å². The van der Waals surface area contributed by atoms with Crippen LogP contribution < -0.4 is 9.79 Å². The lowest BCUT2D eigenvalue weighted by atomic mass is 9.75. The Hall–Kier alpha value is -3.18. The minimum Gasteiger partial charge on any atom is -0.618 e. The van der Waals surface area contributed by atoms with Crippen LogP contribution in [0, 0.1) is 16.5 Å². The van der Waals surface area contributed by atoms with E-state index < -0.39 is 12.0 Å². The molecule has 5 nitrogen and oxygen atoms in total. The maximum absolute atomic E-state index is 13.8. The molecule has 1 aliphatic rings. The van der Waals surface area contributed by atoms with E-state index in [1.54, 1.807) is 18.2 Å². The number of carbonyl (C=O) groups is 1. The van der Waals surface area contributed by atoms with Crippen LogP contribution >= 0.6 is 0 Å². The van der Waals surface area contributed by atoms with Gasteiger partial charge in [0, 0.05) is 12.1 Å². The molecule has 5 heteroatoms. The molecule has 3 aromatic rings. The van der Waals surface area contributed by atoms with Gasteiger partial charge in [0.15, 0.2) is 6.20 Å². The molecule has 1 fully saturated rings. The van der Waals surface area contributed by atoms with Gasteiger partial charge in [-0.05, 0) is 29.2 Å². The van der Waals surface area contributed by atoms with Crippen molar-refractivity contribution in [1.82, 2.24) is 0 Å². The standard InChI is InChI=1S/C25H26N2O3/c1-25(2,3)24-21(23(28)20-16-10-11-17-26(20)29)22(18-12-6-4-7-13-18)27(30-24)19-14-8-5-9-15-19/h4-17,21-22,24H,1-3H3/t21-,22-,24+/m0/s1. The molecule has 0 aliphatic carbocycles. The Kier molecular flexibility index (Phi) is 5.31. The predicted molar refractivity (Wildman–Crippen MR) is 116 cm³/mol. The monoisotopic (exact) mass is 402 g/mol. The normalized spacial score (nSPS) is 21.6. The Morgan fingerprint density at radius 1 is 0.933 bits per heavy atom. The van der Waals surface area contributed by atoms with Gasteiger partial charge in [-0.1, -0.05) is 69.3 Å². The van der Waals surface area contributed by atoms with E-state index in [9.17, 15) is 10.0 Å². The Balaban J connectivity index is 1.88. The molecule has 0 bridgehead atoms. The largest absolute Gasteiger partial charge is 0.618 e. The van der Waals surface area contributed by atoms with Crippen LogP contribution in [0.5, 0.6) is 0 Å². The number of aromatic nitrogens is 1. The molecule has 0 saturated carbocycles. The predicted octanol–water partition coefficient (Wildman–Crippen LogP) is 4.73. The molecule has 0 radical (unpaired) electrons. The van der Waals surface area contributed by atoms with Gasteiger partial charge >= 0.3 is 0 Å². The fourth-order valence-corrected chi connectivity index (χ4v) is 4.12. The SMILES string of the molecule is CC(C)(C)[C@@H]1ON(c2ccccc2)[C@@H](c2ccccc2)[C@H]1C(=O)c1cccc[n+]1[O-]. The molecule has 3 atom stereocenters. The summed E-state index contributed by atoms with van der Waals surface area (Å²) >= 11 is 0. The summed E-state index contributed by atoms with van der Waals surface area (Å²) in [6.07, 6.45) is 0.956. The molecule has 1 aliphatic heterocycles. The van der Waals surface area contributed by atoms with E-state index in [0.29, 0.717) is 4.73 Å². The lowest BCUT2D eigenvalue weighted by Crippen LogP contribution is -2.42. The minimum absolute atomic E-state index is 0.135. The van der Waals surface area contributed by atoms with Crippen LogP contribution in [0.25, 0.3) is 0 Å². The lowest BCUT2D eigenvalue weighted by Gasteiger charge is -2.29. The van der Waals surface area contributed by atoms with Crippen molar-refractivity contribution < 1.29 is 14.4 Å². The number of rotatable bonds is 4. The zero-order valence-electron chi connectivity index (χ0n) is 17.4. The number of benzene rings is 2. The van der Waals surface area contributed by atoms with E-state index in [2.05, 4.69) is 20.8 Å². The topological polar surface area (TPSA) is 56.5 Å². The fraction of sp³-hybridized carbons (Fsp3) is 0.280. The van der Waals surface area contributed by atoms with E-state index in [-0.39, 0.29) is 22.9 Å². The van der Waals surface area contributed by atoms with Gasteiger partial charge < -0.3 is 5.21 Å². The summed E-state index contributed by atoms with van der Waals surface area (Å²) in [4.78, 5) is 20.2. The molecule has 1 saturated heterocycles. The number of para-hydroxylation sites is 1. The molecule has 154 valence electrons. The Morgan fingerprint density at radius 3 is 2.13 bits per heavy atom. The van der Waals surface area contributed by atoms with Crippen molar-refractivity contribution in [3.63, 3.8) is 0 Å². The third-order valence-corrected chi connectivity index (χ3v) is 5.53. The smallest absolute Gasteiger partial charge is 0.260 e. The van der Waals surface area contributed by atoms with E-state index in [4.69, 9.17) is 4.84 Å². The minimum atomic E-state index is -0.546. The first kappa shape index (κ1) is 20.1. The second-order valence-electron chi connectivity index (χ2n) is 8.71. The molecular formula is C25H26N2O3. The average molecular weight is 402 g/mol. The Morgan fingerprint density at radius 2 is 1.53 bits per heavy atom.